The van der Waals surface area contributed by atoms with Crippen LogP contribution in [0.1, 0.15) is 56.0 Å². The fourth-order valence-corrected chi connectivity index (χ4v) is 6.18. The van der Waals surface area contributed by atoms with Gasteiger partial charge in [-0.1, -0.05) is 11.8 Å². The molecule has 0 radical (unpaired) electrons. The molecule has 178 valence electrons. The molecule has 3 aliphatic rings. The van der Waals surface area contributed by atoms with Gasteiger partial charge in [-0.2, -0.15) is 0 Å². The summed E-state index contributed by atoms with van der Waals surface area (Å²) >= 11 is 1.42. The van der Waals surface area contributed by atoms with Crippen molar-refractivity contribution < 1.29 is 14.2 Å². The molecule has 2 aromatic heterocycles. The standard InChI is InChI=1S/C24H26N4O5S/c1-12-25-21-19(23(30)27-28(21)14-4-5-33-24(2,3)11-14)20(34-12)15-8-13-9-17-18(32-7-6-31-17)10-16(13)26-22(15)29/h8-10,14,20H,4-7,11H2,1-3H3,(H,26,29)(H,27,30)/t14-,20-/m1/s1. The summed E-state index contributed by atoms with van der Waals surface area (Å²) in [6.45, 7) is 7.61. The van der Waals surface area contributed by atoms with Crippen molar-refractivity contribution in [3.05, 3.63) is 50.0 Å². The van der Waals surface area contributed by atoms with Crippen molar-refractivity contribution in [3.63, 3.8) is 0 Å². The second-order valence-corrected chi connectivity index (χ2v) is 10.9. The number of fused-ring (bicyclic) bond motifs is 3. The van der Waals surface area contributed by atoms with E-state index in [-0.39, 0.29) is 22.8 Å². The van der Waals surface area contributed by atoms with Gasteiger partial charge in [-0.15, -0.1) is 0 Å². The summed E-state index contributed by atoms with van der Waals surface area (Å²) in [5.41, 5.74) is 0.970. The van der Waals surface area contributed by atoms with E-state index in [1.54, 1.807) is 6.07 Å². The first-order valence-electron chi connectivity index (χ1n) is 11.5. The molecule has 5 heterocycles. The Balaban J connectivity index is 1.47. The number of hydrogen-bond donors (Lipinski definition) is 2. The zero-order chi connectivity index (χ0) is 23.6. The number of aromatic amines is 2. The molecule has 3 aromatic rings. The molecule has 1 aromatic carbocycles. The van der Waals surface area contributed by atoms with Gasteiger partial charge in [-0.3, -0.25) is 19.4 Å². The van der Waals surface area contributed by atoms with Crippen molar-refractivity contribution in [3.8, 4) is 11.5 Å². The van der Waals surface area contributed by atoms with E-state index in [2.05, 4.69) is 23.9 Å². The van der Waals surface area contributed by atoms with Crippen LogP contribution in [0.4, 0.5) is 5.82 Å². The maximum Gasteiger partial charge on any atom is 0.271 e. The smallest absolute Gasteiger partial charge is 0.271 e. The number of aromatic nitrogens is 3. The third-order valence-electron chi connectivity index (χ3n) is 6.60. The maximum atomic E-state index is 13.2. The summed E-state index contributed by atoms with van der Waals surface area (Å²) < 4.78 is 19.1. The zero-order valence-corrected chi connectivity index (χ0v) is 20.1. The zero-order valence-electron chi connectivity index (χ0n) is 19.3. The molecule has 0 bridgehead atoms. The van der Waals surface area contributed by atoms with Crippen molar-refractivity contribution in [1.82, 2.24) is 14.8 Å². The van der Waals surface area contributed by atoms with Crippen molar-refractivity contribution >= 4 is 33.5 Å². The average molecular weight is 483 g/mol. The quantitative estimate of drug-likeness (QED) is 0.575. The van der Waals surface area contributed by atoms with E-state index < -0.39 is 5.25 Å². The van der Waals surface area contributed by atoms with Gasteiger partial charge in [0.1, 0.15) is 13.2 Å². The number of aliphatic imine (C=N–C) groups is 1. The largest absolute Gasteiger partial charge is 0.486 e. The van der Waals surface area contributed by atoms with Gasteiger partial charge in [-0.25, -0.2) is 4.99 Å². The fraction of sp³-hybridized carbons (Fsp3) is 0.458. The van der Waals surface area contributed by atoms with Crippen LogP contribution < -0.4 is 20.6 Å². The van der Waals surface area contributed by atoms with Crippen molar-refractivity contribution in [2.24, 2.45) is 4.99 Å². The van der Waals surface area contributed by atoms with E-state index in [1.165, 1.54) is 11.8 Å². The van der Waals surface area contributed by atoms with Crippen LogP contribution in [-0.4, -0.2) is 45.2 Å². The van der Waals surface area contributed by atoms with Gasteiger partial charge in [0.15, 0.2) is 17.3 Å². The predicted octanol–water partition coefficient (Wildman–Crippen LogP) is 3.81. The van der Waals surface area contributed by atoms with E-state index in [9.17, 15) is 9.59 Å². The molecule has 1 saturated heterocycles. The molecule has 6 rings (SSSR count). The van der Waals surface area contributed by atoms with Crippen LogP contribution in [0, 0.1) is 0 Å². The lowest BCUT2D eigenvalue weighted by Crippen LogP contribution is -2.35. The van der Waals surface area contributed by atoms with Crippen LogP contribution in [0.25, 0.3) is 10.9 Å². The lowest BCUT2D eigenvalue weighted by molar-refractivity contribution is -0.0705. The molecular formula is C24H26N4O5S. The molecule has 2 atom stereocenters. The maximum absolute atomic E-state index is 13.2. The number of benzene rings is 1. The highest BCUT2D eigenvalue weighted by Crippen LogP contribution is 2.45. The van der Waals surface area contributed by atoms with Gasteiger partial charge in [0.05, 0.1) is 33.0 Å². The number of pyridine rings is 1. The topological polar surface area (TPSA) is 111 Å². The van der Waals surface area contributed by atoms with Crippen molar-refractivity contribution in [1.29, 1.82) is 0 Å². The molecular weight excluding hydrogens is 456 g/mol. The lowest BCUT2D eigenvalue weighted by atomic mass is 9.94. The molecule has 0 spiro atoms. The van der Waals surface area contributed by atoms with Crippen LogP contribution in [-0.2, 0) is 4.74 Å². The van der Waals surface area contributed by atoms with E-state index in [4.69, 9.17) is 19.2 Å². The fourth-order valence-electron chi connectivity index (χ4n) is 5.07. The number of nitrogens with zero attached hydrogens (tertiary/aromatic N) is 2. The van der Waals surface area contributed by atoms with E-state index >= 15 is 0 Å². The number of H-pyrrole nitrogens is 2. The van der Waals surface area contributed by atoms with Gasteiger partial charge in [0, 0.05) is 23.6 Å². The molecule has 0 saturated carbocycles. The summed E-state index contributed by atoms with van der Waals surface area (Å²) in [6.07, 6.45) is 1.55. The third kappa shape index (κ3) is 3.56. The minimum atomic E-state index is -0.466. The molecule has 34 heavy (non-hydrogen) atoms. The first-order valence-corrected chi connectivity index (χ1v) is 12.3. The highest BCUT2D eigenvalue weighted by molar-refractivity contribution is 8.14. The summed E-state index contributed by atoms with van der Waals surface area (Å²) in [5, 5.41) is 4.18. The lowest BCUT2D eigenvalue weighted by Gasteiger charge is -2.36. The van der Waals surface area contributed by atoms with Crippen LogP contribution in [0.15, 0.2) is 32.8 Å². The van der Waals surface area contributed by atoms with Crippen LogP contribution in [0.2, 0.25) is 0 Å². The minimum Gasteiger partial charge on any atom is -0.486 e. The van der Waals surface area contributed by atoms with Crippen molar-refractivity contribution in [2.75, 3.05) is 19.8 Å². The second kappa shape index (κ2) is 7.78. The van der Waals surface area contributed by atoms with E-state index in [0.717, 1.165) is 23.3 Å². The third-order valence-corrected chi connectivity index (χ3v) is 7.76. The molecule has 0 unspecified atom stereocenters. The van der Waals surface area contributed by atoms with Crippen molar-refractivity contribution in [2.45, 2.75) is 50.5 Å². The van der Waals surface area contributed by atoms with Gasteiger partial charge in [-0.05, 0) is 45.7 Å². The van der Waals surface area contributed by atoms with Gasteiger partial charge in [0.25, 0.3) is 11.1 Å². The Morgan fingerprint density at radius 2 is 1.85 bits per heavy atom. The first-order chi connectivity index (χ1) is 16.3. The first kappa shape index (κ1) is 21.5. The summed E-state index contributed by atoms with van der Waals surface area (Å²) in [4.78, 5) is 34.1. The Hall–Kier alpha value is -2.98. The van der Waals surface area contributed by atoms with Crippen LogP contribution in [0.3, 0.4) is 0 Å². The normalized spacial score (nSPS) is 23.4. The van der Waals surface area contributed by atoms with E-state index in [1.807, 2.05) is 23.7 Å². The molecule has 10 heteroatoms. The van der Waals surface area contributed by atoms with E-state index in [0.29, 0.717) is 53.8 Å². The Bertz CT molecular complexity index is 1450. The Labute approximate surface area is 199 Å². The summed E-state index contributed by atoms with van der Waals surface area (Å²) in [6, 6.07) is 5.58. The molecule has 2 N–H and O–H groups in total. The van der Waals surface area contributed by atoms with Gasteiger partial charge >= 0.3 is 0 Å². The van der Waals surface area contributed by atoms with Gasteiger partial charge in [0.2, 0.25) is 0 Å². The Kier molecular flexibility index (Phi) is 4.93. The molecule has 9 nitrogen and oxygen atoms in total. The summed E-state index contributed by atoms with van der Waals surface area (Å²) in [5.74, 6) is 1.88. The van der Waals surface area contributed by atoms with Crippen LogP contribution >= 0.6 is 11.8 Å². The number of ether oxygens (including phenoxy) is 3. The molecule has 1 fully saturated rings. The minimum absolute atomic E-state index is 0.0686. The average Bonchev–Trinajstić information content (AvgIpc) is 3.12. The molecule has 3 aliphatic heterocycles. The number of nitrogens with one attached hydrogen (secondary N) is 2. The Morgan fingerprint density at radius 3 is 2.62 bits per heavy atom. The van der Waals surface area contributed by atoms with Gasteiger partial charge < -0.3 is 19.2 Å². The Morgan fingerprint density at radius 1 is 1.09 bits per heavy atom. The highest BCUT2D eigenvalue weighted by atomic mass is 32.2. The predicted molar refractivity (Wildman–Crippen MR) is 131 cm³/mol. The number of thioether (sulfide) groups is 1. The SMILES string of the molecule is CC1=Nc2c(c(=O)[nH]n2[C@@H]2CCOC(C)(C)C2)[C@@H](c2cc3cc4c(cc3[nH]c2=O)OCCO4)S1. The summed E-state index contributed by atoms with van der Waals surface area (Å²) in [7, 11) is 0. The van der Waals surface area contributed by atoms with Crippen LogP contribution in [0.5, 0.6) is 11.5 Å². The molecule has 0 aliphatic carbocycles. The molecule has 0 amide bonds. The number of hydrogen-bond acceptors (Lipinski definition) is 7. The number of rotatable bonds is 2. The highest BCUT2D eigenvalue weighted by Gasteiger charge is 2.36. The second-order valence-electron chi connectivity index (χ2n) is 9.57. The monoisotopic (exact) mass is 482 g/mol.